The van der Waals surface area contributed by atoms with Crippen LogP contribution in [0.15, 0.2) is 30.3 Å². The van der Waals surface area contributed by atoms with E-state index in [4.69, 9.17) is 11.5 Å². The molecule has 0 atom stereocenters. The van der Waals surface area contributed by atoms with Crippen LogP contribution in [0.25, 0.3) is 10.2 Å². The van der Waals surface area contributed by atoms with Gasteiger partial charge in [0.15, 0.2) is 0 Å². The predicted octanol–water partition coefficient (Wildman–Crippen LogP) is 3.99. The highest BCUT2D eigenvalue weighted by Gasteiger charge is 2.25. The quantitative estimate of drug-likeness (QED) is 0.590. The molecule has 0 unspecified atom stereocenters. The number of thiophene rings is 1. The van der Waals surface area contributed by atoms with Gasteiger partial charge in [0.05, 0.1) is 16.9 Å². The first-order valence-electron chi connectivity index (χ1n) is 9.70. The van der Waals surface area contributed by atoms with Gasteiger partial charge >= 0.3 is 0 Å². The lowest BCUT2D eigenvalue weighted by molar-refractivity contribution is 0.280. The van der Waals surface area contributed by atoms with Crippen LogP contribution in [0.3, 0.4) is 0 Å². The minimum atomic E-state index is 0.352. The van der Waals surface area contributed by atoms with Crippen LogP contribution in [0, 0.1) is 24.2 Å². The Morgan fingerprint density at radius 2 is 2.07 bits per heavy atom. The molecule has 0 radical (unpaired) electrons. The first-order valence-corrected chi connectivity index (χ1v) is 10.5. The van der Waals surface area contributed by atoms with Crippen LogP contribution in [0.2, 0.25) is 0 Å². The van der Waals surface area contributed by atoms with Gasteiger partial charge in [-0.15, -0.1) is 11.3 Å². The molecule has 2 aromatic heterocycles. The third-order valence-corrected chi connectivity index (χ3v) is 6.68. The molecule has 5 nitrogen and oxygen atoms in total. The van der Waals surface area contributed by atoms with E-state index in [0.29, 0.717) is 17.5 Å². The fourth-order valence-electron chi connectivity index (χ4n) is 3.78. The van der Waals surface area contributed by atoms with Crippen molar-refractivity contribution in [3.63, 3.8) is 0 Å². The molecule has 1 aliphatic rings. The Morgan fingerprint density at radius 3 is 2.82 bits per heavy atom. The van der Waals surface area contributed by atoms with E-state index in [1.165, 1.54) is 0 Å². The predicted molar refractivity (Wildman–Crippen MR) is 117 cm³/mol. The van der Waals surface area contributed by atoms with E-state index in [9.17, 15) is 5.26 Å². The summed E-state index contributed by atoms with van der Waals surface area (Å²) in [6, 6.07) is 12.8. The van der Waals surface area contributed by atoms with Gasteiger partial charge in [0, 0.05) is 28.5 Å². The normalized spacial score (nSPS) is 18.6. The van der Waals surface area contributed by atoms with Gasteiger partial charge < -0.3 is 16.8 Å². The first-order chi connectivity index (χ1) is 13.5. The number of aromatic nitrogens is 1. The highest BCUT2D eigenvalue weighted by atomic mass is 32.1. The van der Waals surface area contributed by atoms with E-state index in [0.717, 1.165) is 70.0 Å². The van der Waals surface area contributed by atoms with Gasteiger partial charge in [-0.2, -0.15) is 5.26 Å². The minimum Gasteiger partial charge on any atom is -0.397 e. The van der Waals surface area contributed by atoms with Crippen LogP contribution >= 0.6 is 11.3 Å². The van der Waals surface area contributed by atoms with Gasteiger partial charge in [0.25, 0.3) is 0 Å². The molecule has 1 fully saturated rings. The summed E-state index contributed by atoms with van der Waals surface area (Å²) in [6.07, 6.45) is 3.84. The van der Waals surface area contributed by atoms with E-state index in [2.05, 4.69) is 28.5 Å². The Kier molecular flexibility index (Phi) is 5.21. The van der Waals surface area contributed by atoms with Crippen LogP contribution in [0.4, 0.5) is 11.4 Å². The van der Waals surface area contributed by atoms with E-state index < -0.39 is 0 Å². The van der Waals surface area contributed by atoms with Gasteiger partial charge in [-0.3, -0.25) is 0 Å². The Bertz CT molecular complexity index is 1040. The van der Waals surface area contributed by atoms with Crippen molar-refractivity contribution < 1.29 is 0 Å². The maximum atomic E-state index is 9.54. The van der Waals surface area contributed by atoms with E-state index in [1.807, 2.05) is 25.1 Å². The molecule has 6 heteroatoms. The Labute approximate surface area is 169 Å². The van der Waals surface area contributed by atoms with Gasteiger partial charge in [-0.1, -0.05) is 6.07 Å². The fourth-order valence-corrected chi connectivity index (χ4v) is 4.92. The van der Waals surface area contributed by atoms with Crippen molar-refractivity contribution in [2.75, 3.05) is 17.6 Å². The molecule has 1 aromatic carbocycles. The lowest BCUT2D eigenvalue weighted by Gasteiger charge is -2.32. The molecule has 28 heavy (non-hydrogen) atoms. The molecule has 144 valence electrons. The molecule has 0 amide bonds. The van der Waals surface area contributed by atoms with E-state index >= 15 is 0 Å². The van der Waals surface area contributed by atoms with Gasteiger partial charge in [-0.05, 0) is 68.4 Å². The second kappa shape index (κ2) is 7.78. The number of anilines is 2. The smallest absolute Gasteiger partial charge is 0.125 e. The van der Waals surface area contributed by atoms with Crippen LogP contribution in [0.1, 0.15) is 34.5 Å². The number of aryl methyl sites for hydroxylation is 3. The second-order valence-electron chi connectivity index (χ2n) is 7.71. The molecule has 3 aromatic rings. The Morgan fingerprint density at radius 1 is 1.25 bits per heavy atom. The Hall–Kier alpha value is -2.62. The number of nitrogens with zero attached hydrogens (tertiary/aromatic N) is 2. The molecule has 0 saturated heterocycles. The number of nitriles is 1. The summed E-state index contributed by atoms with van der Waals surface area (Å²) in [5.41, 5.74) is 16.8. The zero-order valence-electron chi connectivity index (χ0n) is 16.0. The van der Waals surface area contributed by atoms with Crippen LogP contribution in [0.5, 0.6) is 0 Å². The number of nitrogens with two attached hydrogens (primary N) is 2. The molecule has 2 heterocycles. The highest BCUT2D eigenvalue weighted by molar-refractivity contribution is 7.19. The van der Waals surface area contributed by atoms with Crippen molar-refractivity contribution in [1.82, 2.24) is 4.98 Å². The number of fused-ring (bicyclic) bond motifs is 1. The zero-order valence-corrected chi connectivity index (χ0v) is 16.9. The summed E-state index contributed by atoms with van der Waals surface area (Å²) in [5.74, 6) is 0.620. The molecule has 0 aliphatic heterocycles. The maximum absolute atomic E-state index is 9.54. The lowest BCUT2D eigenvalue weighted by atomic mass is 9.81. The SMILES string of the molecule is Cc1ccc2c(N)c(CCc3ccc(NCC4CC(N)C4)c(C#N)c3)sc2n1. The molecule has 0 spiro atoms. The molecule has 5 N–H and O–H groups in total. The molecular formula is C22H25N5S. The van der Waals surface area contributed by atoms with E-state index in [1.54, 1.807) is 11.3 Å². The second-order valence-corrected chi connectivity index (χ2v) is 8.80. The van der Waals surface area contributed by atoms with Crippen molar-refractivity contribution in [3.05, 3.63) is 52.0 Å². The van der Waals surface area contributed by atoms with Crippen molar-refractivity contribution in [2.24, 2.45) is 11.7 Å². The van der Waals surface area contributed by atoms with Crippen molar-refractivity contribution >= 4 is 32.9 Å². The number of nitrogens with one attached hydrogen (secondary N) is 1. The fraction of sp³-hybridized carbons (Fsp3) is 0.364. The van der Waals surface area contributed by atoms with Crippen molar-refractivity contribution in [2.45, 2.75) is 38.6 Å². The number of nitrogen functional groups attached to an aromatic ring is 1. The topological polar surface area (TPSA) is 101 Å². The summed E-state index contributed by atoms with van der Waals surface area (Å²) < 4.78 is 0. The number of hydrogen-bond donors (Lipinski definition) is 3. The number of pyridine rings is 1. The van der Waals surface area contributed by atoms with Crippen LogP contribution < -0.4 is 16.8 Å². The summed E-state index contributed by atoms with van der Waals surface area (Å²) in [5, 5.41) is 14.0. The standard InChI is InChI=1S/C22H25N5S/c1-13-2-5-18-21(25)20(28-22(18)27-13)7-4-14-3-6-19(16(8-14)11-23)26-12-15-9-17(24)10-15/h2-3,5-6,8,15,17,26H,4,7,9-10,12,24-25H2,1H3. The molecule has 4 rings (SSSR count). The molecular weight excluding hydrogens is 366 g/mol. The average Bonchev–Trinajstić information content (AvgIpc) is 2.97. The molecule has 0 bridgehead atoms. The largest absolute Gasteiger partial charge is 0.397 e. The Balaban J connectivity index is 1.43. The summed E-state index contributed by atoms with van der Waals surface area (Å²) >= 11 is 1.67. The minimum absolute atomic E-state index is 0.352. The monoisotopic (exact) mass is 391 g/mol. The van der Waals surface area contributed by atoms with Crippen LogP contribution in [-0.4, -0.2) is 17.6 Å². The van der Waals surface area contributed by atoms with E-state index in [-0.39, 0.29) is 0 Å². The molecule has 1 saturated carbocycles. The lowest BCUT2D eigenvalue weighted by Crippen LogP contribution is -2.39. The van der Waals surface area contributed by atoms with Crippen molar-refractivity contribution in [3.8, 4) is 6.07 Å². The van der Waals surface area contributed by atoms with Crippen LogP contribution in [-0.2, 0) is 12.8 Å². The highest BCUT2D eigenvalue weighted by Crippen LogP contribution is 2.33. The van der Waals surface area contributed by atoms with Gasteiger partial charge in [0.1, 0.15) is 10.9 Å². The van der Waals surface area contributed by atoms with Crippen molar-refractivity contribution in [1.29, 1.82) is 5.26 Å². The van der Waals surface area contributed by atoms with Gasteiger partial charge in [0.2, 0.25) is 0 Å². The average molecular weight is 392 g/mol. The zero-order chi connectivity index (χ0) is 19.7. The summed E-state index contributed by atoms with van der Waals surface area (Å²) in [7, 11) is 0. The maximum Gasteiger partial charge on any atom is 0.125 e. The summed E-state index contributed by atoms with van der Waals surface area (Å²) in [6.45, 7) is 2.87. The first kappa shape index (κ1) is 18.7. The number of benzene rings is 1. The third kappa shape index (κ3) is 3.82. The number of rotatable bonds is 6. The number of hydrogen-bond acceptors (Lipinski definition) is 6. The molecule has 1 aliphatic carbocycles. The summed E-state index contributed by atoms with van der Waals surface area (Å²) in [4.78, 5) is 6.74. The third-order valence-electron chi connectivity index (χ3n) is 5.51. The van der Waals surface area contributed by atoms with Gasteiger partial charge in [-0.25, -0.2) is 4.98 Å².